The Balaban J connectivity index is 1.46. The van der Waals surface area contributed by atoms with Crippen molar-refractivity contribution in [3.63, 3.8) is 0 Å². The molecule has 0 bridgehead atoms. The van der Waals surface area contributed by atoms with Crippen LogP contribution in [-0.4, -0.2) is 38.9 Å². The summed E-state index contributed by atoms with van der Waals surface area (Å²) in [5.74, 6) is -1.04. The highest BCUT2D eigenvalue weighted by Gasteiger charge is 2.34. The summed E-state index contributed by atoms with van der Waals surface area (Å²) >= 11 is 1.47. The molecule has 2 amide bonds. The Morgan fingerprint density at radius 1 is 1.33 bits per heavy atom. The zero-order valence-corrected chi connectivity index (χ0v) is 15.3. The molecule has 8 nitrogen and oxygen atoms in total. The van der Waals surface area contributed by atoms with Crippen LogP contribution < -0.4 is 11.1 Å². The Labute approximate surface area is 158 Å². The van der Waals surface area contributed by atoms with Gasteiger partial charge in [-0.3, -0.25) is 14.2 Å². The van der Waals surface area contributed by atoms with E-state index in [1.165, 1.54) is 15.9 Å². The first-order valence-electron chi connectivity index (χ1n) is 8.66. The number of amides is 2. The van der Waals surface area contributed by atoms with Crippen molar-refractivity contribution in [2.45, 2.75) is 32.0 Å². The predicted octanol–water partition coefficient (Wildman–Crippen LogP) is 1.36. The quantitative estimate of drug-likeness (QED) is 0.714. The van der Waals surface area contributed by atoms with Gasteiger partial charge in [-0.1, -0.05) is 12.1 Å². The summed E-state index contributed by atoms with van der Waals surface area (Å²) in [6.45, 7) is 0.691. The van der Waals surface area contributed by atoms with E-state index in [1.807, 2.05) is 5.38 Å². The zero-order chi connectivity index (χ0) is 18.8. The fourth-order valence-corrected chi connectivity index (χ4v) is 3.91. The number of nitrogens with zero attached hydrogens (tertiary/aromatic N) is 3. The van der Waals surface area contributed by atoms with Gasteiger partial charge in [-0.15, -0.1) is 11.3 Å². The van der Waals surface area contributed by atoms with E-state index in [-0.39, 0.29) is 18.4 Å². The zero-order valence-electron chi connectivity index (χ0n) is 14.5. The Bertz CT molecular complexity index is 1020. The third kappa shape index (κ3) is 3.50. The first-order valence-corrected chi connectivity index (χ1v) is 9.60. The number of hydrogen-bond acceptors (Lipinski definition) is 6. The van der Waals surface area contributed by atoms with Crippen molar-refractivity contribution >= 4 is 34.3 Å². The molecule has 1 unspecified atom stereocenters. The van der Waals surface area contributed by atoms with E-state index in [1.54, 1.807) is 34.7 Å². The molecule has 140 valence electrons. The van der Waals surface area contributed by atoms with Gasteiger partial charge in [0.25, 0.3) is 0 Å². The molecular weight excluding hydrogens is 368 g/mol. The number of carbonyl (C=O) groups is 2. The third-order valence-corrected chi connectivity index (χ3v) is 5.31. The number of para-hydroxylation sites is 2. The number of benzene rings is 1. The van der Waals surface area contributed by atoms with Crippen LogP contribution in [0.25, 0.3) is 11.1 Å². The minimum absolute atomic E-state index is 0.147. The van der Waals surface area contributed by atoms with Crippen molar-refractivity contribution < 1.29 is 14.0 Å². The molecule has 0 radical (unpaired) electrons. The minimum Gasteiger partial charge on any atom is -0.408 e. The van der Waals surface area contributed by atoms with Gasteiger partial charge in [0.05, 0.1) is 23.3 Å². The average Bonchev–Trinajstić information content (AvgIpc) is 3.40. The SMILES string of the molecule is O=C(NCc1cscn1)C1CCCN1C(=O)Cn1c(=O)oc2ccccc21. The average molecular weight is 386 g/mol. The van der Waals surface area contributed by atoms with Crippen molar-refractivity contribution in [3.05, 3.63) is 51.4 Å². The molecule has 0 saturated carbocycles. The lowest BCUT2D eigenvalue weighted by Crippen LogP contribution is -2.47. The minimum atomic E-state index is -0.576. The Morgan fingerprint density at radius 2 is 2.19 bits per heavy atom. The first kappa shape index (κ1) is 17.5. The van der Waals surface area contributed by atoms with Gasteiger partial charge in [0.1, 0.15) is 12.6 Å². The van der Waals surface area contributed by atoms with E-state index in [4.69, 9.17) is 4.42 Å². The number of oxazole rings is 1. The number of thiazole rings is 1. The Morgan fingerprint density at radius 3 is 3.00 bits per heavy atom. The van der Waals surface area contributed by atoms with Gasteiger partial charge in [0.15, 0.2) is 5.58 Å². The lowest BCUT2D eigenvalue weighted by molar-refractivity contribution is -0.139. The Kier molecular flexibility index (Phi) is 4.76. The summed E-state index contributed by atoms with van der Waals surface area (Å²) in [6, 6.07) is 6.44. The molecule has 1 fully saturated rings. The fourth-order valence-electron chi connectivity index (χ4n) is 3.35. The standard InChI is InChI=1S/C18H18N4O4S/c23-16(9-22-13-4-1-2-6-15(13)26-18(22)25)21-7-3-5-14(21)17(24)19-8-12-10-27-11-20-12/h1-2,4,6,10-11,14H,3,5,7-9H2,(H,19,24). The van der Waals surface area contributed by atoms with Crippen LogP contribution in [0.2, 0.25) is 0 Å². The number of fused-ring (bicyclic) bond motifs is 1. The van der Waals surface area contributed by atoms with Crippen LogP contribution in [0.1, 0.15) is 18.5 Å². The van der Waals surface area contributed by atoms with Crippen LogP contribution in [0.3, 0.4) is 0 Å². The molecule has 3 aromatic rings. The van der Waals surface area contributed by atoms with Crippen molar-refractivity contribution in [3.8, 4) is 0 Å². The summed E-state index contributed by atoms with van der Waals surface area (Å²) in [6.07, 6.45) is 1.36. The molecule has 9 heteroatoms. The first-order chi connectivity index (χ1) is 13.1. The summed E-state index contributed by atoms with van der Waals surface area (Å²) in [5.41, 5.74) is 3.51. The van der Waals surface area contributed by atoms with Gasteiger partial charge < -0.3 is 14.6 Å². The maximum absolute atomic E-state index is 12.8. The van der Waals surface area contributed by atoms with Crippen LogP contribution in [-0.2, 0) is 22.7 Å². The highest BCUT2D eigenvalue weighted by atomic mass is 32.1. The number of hydrogen-bond donors (Lipinski definition) is 1. The van der Waals surface area contributed by atoms with Crippen LogP contribution in [0.15, 0.2) is 44.4 Å². The predicted molar refractivity (Wildman–Crippen MR) is 99.2 cm³/mol. The van der Waals surface area contributed by atoms with Gasteiger partial charge in [-0.2, -0.15) is 0 Å². The van der Waals surface area contributed by atoms with E-state index in [0.29, 0.717) is 30.6 Å². The van der Waals surface area contributed by atoms with Crippen LogP contribution in [0.5, 0.6) is 0 Å². The highest BCUT2D eigenvalue weighted by Crippen LogP contribution is 2.19. The molecule has 4 rings (SSSR count). The molecule has 0 spiro atoms. The third-order valence-electron chi connectivity index (χ3n) is 4.67. The van der Waals surface area contributed by atoms with E-state index in [0.717, 1.165) is 12.1 Å². The maximum Gasteiger partial charge on any atom is 0.420 e. The summed E-state index contributed by atoms with van der Waals surface area (Å²) < 4.78 is 6.47. The second-order valence-electron chi connectivity index (χ2n) is 6.36. The smallest absolute Gasteiger partial charge is 0.408 e. The van der Waals surface area contributed by atoms with Gasteiger partial charge >= 0.3 is 5.76 Å². The maximum atomic E-state index is 12.8. The van der Waals surface area contributed by atoms with Crippen LogP contribution in [0, 0.1) is 0 Å². The molecule has 2 aromatic heterocycles. The molecule has 3 heterocycles. The molecule has 1 aromatic carbocycles. The number of rotatable bonds is 5. The van der Waals surface area contributed by atoms with Crippen LogP contribution in [0.4, 0.5) is 0 Å². The molecular formula is C18H18N4O4S. The second kappa shape index (κ2) is 7.36. The Hall–Kier alpha value is -2.94. The van der Waals surface area contributed by atoms with Gasteiger partial charge in [0.2, 0.25) is 11.8 Å². The normalized spacial score (nSPS) is 16.7. The van der Waals surface area contributed by atoms with E-state index >= 15 is 0 Å². The fraction of sp³-hybridized carbons (Fsp3) is 0.333. The van der Waals surface area contributed by atoms with E-state index in [9.17, 15) is 14.4 Å². The molecule has 1 aliphatic rings. The van der Waals surface area contributed by atoms with Gasteiger partial charge in [-0.05, 0) is 25.0 Å². The van der Waals surface area contributed by atoms with Crippen LogP contribution >= 0.6 is 11.3 Å². The van der Waals surface area contributed by atoms with E-state index < -0.39 is 11.8 Å². The van der Waals surface area contributed by atoms with Gasteiger partial charge in [-0.25, -0.2) is 9.78 Å². The molecule has 1 saturated heterocycles. The lowest BCUT2D eigenvalue weighted by atomic mass is 10.2. The second-order valence-corrected chi connectivity index (χ2v) is 7.08. The van der Waals surface area contributed by atoms with Crippen molar-refractivity contribution in [1.82, 2.24) is 19.8 Å². The molecule has 0 aliphatic carbocycles. The monoisotopic (exact) mass is 386 g/mol. The van der Waals surface area contributed by atoms with Gasteiger partial charge in [0, 0.05) is 11.9 Å². The molecule has 27 heavy (non-hydrogen) atoms. The molecule has 1 N–H and O–H groups in total. The largest absolute Gasteiger partial charge is 0.420 e. The lowest BCUT2D eigenvalue weighted by Gasteiger charge is -2.24. The summed E-state index contributed by atoms with van der Waals surface area (Å²) in [4.78, 5) is 43.1. The van der Waals surface area contributed by atoms with Crippen molar-refractivity contribution in [2.24, 2.45) is 0 Å². The number of carbonyl (C=O) groups excluding carboxylic acids is 2. The highest BCUT2D eigenvalue weighted by molar-refractivity contribution is 7.07. The van der Waals surface area contributed by atoms with Crippen molar-refractivity contribution in [1.29, 1.82) is 0 Å². The number of aromatic nitrogens is 2. The molecule has 1 aliphatic heterocycles. The summed E-state index contributed by atoms with van der Waals surface area (Å²) in [5, 5.41) is 4.71. The topological polar surface area (TPSA) is 97.4 Å². The number of nitrogens with one attached hydrogen (secondary N) is 1. The van der Waals surface area contributed by atoms with Crippen molar-refractivity contribution in [2.75, 3.05) is 6.54 Å². The number of likely N-dealkylation sites (tertiary alicyclic amines) is 1. The van der Waals surface area contributed by atoms with E-state index in [2.05, 4.69) is 10.3 Å². The summed E-state index contributed by atoms with van der Waals surface area (Å²) in [7, 11) is 0. The molecule has 1 atom stereocenters.